The Morgan fingerprint density at radius 3 is 2.71 bits per heavy atom. The van der Waals surface area contributed by atoms with Gasteiger partial charge in [-0.2, -0.15) is 9.61 Å². The van der Waals surface area contributed by atoms with Gasteiger partial charge in [0.25, 0.3) is 10.0 Å². The number of rotatable bonds is 4. The second-order valence-corrected chi connectivity index (χ2v) is 8.37. The molecule has 0 bridgehead atoms. The number of nitrogens with two attached hydrogens (primary N) is 1. The number of hydrogen-bond donors (Lipinski definition) is 2. The zero-order valence-corrected chi connectivity index (χ0v) is 16.4. The van der Waals surface area contributed by atoms with Gasteiger partial charge in [0, 0.05) is 22.8 Å². The minimum atomic E-state index is -3.75. The van der Waals surface area contributed by atoms with Gasteiger partial charge in [-0.1, -0.05) is 23.7 Å². The van der Waals surface area contributed by atoms with Crippen LogP contribution in [0.1, 0.15) is 5.56 Å². The molecular weight excluding hydrogens is 398 g/mol. The Balaban J connectivity index is 1.69. The van der Waals surface area contributed by atoms with Gasteiger partial charge in [-0.25, -0.2) is 13.4 Å². The summed E-state index contributed by atoms with van der Waals surface area (Å²) in [5.41, 5.74) is 9.60. The molecule has 0 saturated carbocycles. The van der Waals surface area contributed by atoms with Gasteiger partial charge in [0.05, 0.1) is 16.8 Å². The Kier molecular flexibility index (Phi) is 4.44. The number of sulfonamides is 1. The first kappa shape index (κ1) is 18.3. The Morgan fingerprint density at radius 2 is 1.96 bits per heavy atom. The zero-order chi connectivity index (χ0) is 19.9. The average Bonchev–Trinajstić information content (AvgIpc) is 3.13. The maximum atomic E-state index is 12.6. The molecule has 0 atom stereocenters. The van der Waals surface area contributed by atoms with Gasteiger partial charge in [0.2, 0.25) is 0 Å². The number of nitrogens with zero attached hydrogens (tertiary/aromatic N) is 3. The number of fused-ring (bicyclic) bond motifs is 1. The number of aryl methyl sites for hydroxylation is 1. The monoisotopic (exact) mass is 413 g/mol. The highest BCUT2D eigenvalue weighted by Gasteiger charge is 2.16. The molecule has 0 aliphatic rings. The van der Waals surface area contributed by atoms with E-state index in [1.54, 1.807) is 47.2 Å². The first-order chi connectivity index (χ1) is 13.3. The molecular formula is C19H16ClN5O2S. The summed E-state index contributed by atoms with van der Waals surface area (Å²) in [4.78, 5) is 4.43. The topological polar surface area (TPSA) is 102 Å². The molecule has 0 aliphatic carbocycles. The highest BCUT2D eigenvalue weighted by molar-refractivity contribution is 7.92. The van der Waals surface area contributed by atoms with Crippen LogP contribution in [0.3, 0.4) is 0 Å². The van der Waals surface area contributed by atoms with E-state index in [0.29, 0.717) is 27.7 Å². The van der Waals surface area contributed by atoms with Gasteiger partial charge < -0.3 is 5.73 Å². The second kappa shape index (κ2) is 6.81. The van der Waals surface area contributed by atoms with Crippen LogP contribution in [0, 0.1) is 6.92 Å². The van der Waals surface area contributed by atoms with Crippen molar-refractivity contribution in [3.63, 3.8) is 0 Å². The molecule has 0 amide bonds. The zero-order valence-electron chi connectivity index (χ0n) is 14.8. The van der Waals surface area contributed by atoms with E-state index >= 15 is 0 Å². The van der Waals surface area contributed by atoms with Crippen LogP contribution in [0.15, 0.2) is 65.8 Å². The number of anilines is 2. The highest BCUT2D eigenvalue weighted by Crippen LogP contribution is 2.30. The molecule has 0 saturated heterocycles. The Hall–Kier alpha value is -3.10. The molecule has 7 nitrogen and oxygen atoms in total. The number of nitrogen functional groups attached to an aromatic ring is 1. The van der Waals surface area contributed by atoms with Crippen molar-refractivity contribution in [2.45, 2.75) is 11.8 Å². The van der Waals surface area contributed by atoms with Crippen molar-refractivity contribution in [1.82, 2.24) is 14.6 Å². The van der Waals surface area contributed by atoms with E-state index in [1.807, 2.05) is 13.0 Å². The SMILES string of the molecule is Cc1cc(-c2cnc3ccnn3c2N)ccc1NS(=O)(=O)c1cccc(Cl)c1. The molecule has 4 aromatic rings. The van der Waals surface area contributed by atoms with Crippen molar-refractivity contribution in [2.75, 3.05) is 10.5 Å². The van der Waals surface area contributed by atoms with Crippen LogP contribution in [0.4, 0.5) is 11.5 Å². The Labute approximate surface area is 166 Å². The van der Waals surface area contributed by atoms with Crippen molar-refractivity contribution < 1.29 is 8.42 Å². The maximum absolute atomic E-state index is 12.6. The summed E-state index contributed by atoms with van der Waals surface area (Å²) in [5.74, 6) is 0.460. The summed E-state index contributed by atoms with van der Waals surface area (Å²) < 4.78 is 29.4. The Bertz CT molecular complexity index is 1300. The average molecular weight is 414 g/mol. The number of benzene rings is 2. The summed E-state index contributed by atoms with van der Waals surface area (Å²) in [7, 11) is -3.75. The largest absolute Gasteiger partial charge is 0.383 e. The van der Waals surface area contributed by atoms with Crippen LogP contribution in [0.25, 0.3) is 16.8 Å². The van der Waals surface area contributed by atoms with Crippen LogP contribution in [-0.4, -0.2) is 23.0 Å². The molecule has 0 radical (unpaired) electrons. The predicted octanol–water partition coefficient (Wildman–Crippen LogP) is 3.74. The van der Waals surface area contributed by atoms with Crippen molar-refractivity contribution in [2.24, 2.45) is 0 Å². The molecule has 3 N–H and O–H groups in total. The number of aromatic nitrogens is 3. The van der Waals surface area contributed by atoms with E-state index in [2.05, 4.69) is 14.8 Å². The number of nitrogens with one attached hydrogen (secondary N) is 1. The molecule has 2 heterocycles. The first-order valence-corrected chi connectivity index (χ1v) is 10.2. The van der Waals surface area contributed by atoms with Crippen molar-refractivity contribution in [1.29, 1.82) is 0 Å². The van der Waals surface area contributed by atoms with E-state index in [-0.39, 0.29) is 4.90 Å². The number of halogens is 1. The molecule has 4 rings (SSSR count). The van der Waals surface area contributed by atoms with E-state index in [9.17, 15) is 8.42 Å². The van der Waals surface area contributed by atoms with Gasteiger partial charge in [-0.15, -0.1) is 0 Å². The summed E-state index contributed by atoms with van der Waals surface area (Å²) in [6.45, 7) is 1.81. The molecule has 2 aromatic heterocycles. The van der Waals surface area contributed by atoms with E-state index < -0.39 is 10.0 Å². The standard InChI is InChI=1S/C19H16ClN5O2S/c1-12-9-13(16-11-22-18-7-8-23-25(18)19(16)21)5-6-17(12)24-28(26,27)15-4-2-3-14(20)10-15/h2-11,24H,21H2,1H3. The lowest BCUT2D eigenvalue weighted by molar-refractivity contribution is 0.601. The summed E-state index contributed by atoms with van der Waals surface area (Å²) >= 11 is 5.90. The first-order valence-electron chi connectivity index (χ1n) is 8.33. The molecule has 2 aromatic carbocycles. The third kappa shape index (κ3) is 3.28. The van der Waals surface area contributed by atoms with Crippen LogP contribution in [0.5, 0.6) is 0 Å². The lowest BCUT2D eigenvalue weighted by atomic mass is 10.0. The Morgan fingerprint density at radius 1 is 1.14 bits per heavy atom. The van der Waals surface area contributed by atoms with Crippen molar-refractivity contribution >= 4 is 38.8 Å². The van der Waals surface area contributed by atoms with Crippen molar-refractivity contribution in [3.8, 4) is 11.1 Å². The maximum Gasteiger partial charge on any atom is 0.261 e. The summed E-state index contributed by atoms with van der Waals surface area (Å²) in [6, 6.07) is 13.2. The van der Waals surface area contributed by atoms with Gasteiger partial charge >= 0.3 is 0 Å². The molecule has 0 spiro atoms. The third-order valence-electron chi connectivity index (χ3n) is 4.34. The quantitative estimate of drug-likeness (QED) is 0.530. The van der Waals surface area contributed by atoms with Gasteiger partial charge in [-0.3, -0.25) is 4.72 Å². The predicted molar refractivity (Wildman–Crippen MR) is 110 cm³/mol. The van der Waals surface area contributed by atoms with E-state index in [0.717, 1.165) is 11.1 Å². The normalized spacial score (nSPS) is 11.6. The minimum Gasteiger partial charge on any atom is -0.383 e. The fourth-order valence-electron chi connectivity index (χ4n) is 2.90. The van der Waals surface area contributed by atoms with Gasteiger partial charge in [-0.05, 0) is 48.4 Å². The molecule has 142 valence electrons. The fraction of sp³-hybridized carbons (Fsp3) is 0.0526. The van der Waals surface area contributed by atoms with Crippen molar-refractivity contribution in [3.05, 3.63) is 71.5 Å². The second-order valence-electron chi connectivity index (χ2n) is 6.25. The molecule has 28 heavy (non-hydrogen) atoms. The molecule has 0 fully saturated rings. The smallest absolute Gasteiger partial charge is 0.261 e. The lowest BCUT2D eigenvalue weighted by Gasteiger charge is -2.13. The van der Waals surface area contributed by atoms with E-state index in [4.69, 9.17) is 17.3 Å². The molecule has 9 heteroatoms. The highest BCUT2D eigenvalue weighted by atomic mass is 35.5. The molecule has 0 unspecified atom stereocenters. The lowest BCUT2D eigenvalue weighted by Crippen LogP contribution is -2.13. The van der Waals surface area contributed by atoms with Crippen LogP contribution in [0.2, 0.25) is 5.02 Å². The van der Waals surface area contributed by atoms with E-state index in [1.165, 1.54) is 12.1 Å². The van der Waals surface area contributed by atoms with Crippen LogP contribution in [-0.2, 0) is 10.0 Å². The van der Waals surface area contributed by atoms with Gasteiger partial charge in [0.15, 0.2) is 5.65 Å². The minimum absolute atomic E-state index is 0.0982. The summed E-state index contributed by atoms with van der Waals surface area (Å²) in [5, 5.41) is 4.51. The van der Waals surface area contributed by atoms with Crippen LogP contribution >= 0.6 is 11.6 Å². The van der Waals surface area contributed by atoms with Crippen LogP contribution < -0.4 is 10.5 Å². The molecule has 0 aliphatic heterocycles. The van der Waals surface area contributed by atoms with Gasteiger partial charge in [0.1, 0.15) is 5.82 Å². The fourth-order valence-corrected chi connectivity index (χ4v) is 4.33. The third-order valence-corrected chi connectivity index (χ3v) is 5.94. The summed E-state index contributed by atoms with van der Waals surface area (Å²) in [6.07, 6.45) is 3.30. The number of hydrogen-bond acceptors (Lipinski definition) is 5.